The number of ether oxygens (including phenoxy) is 1. The summed E-state index contributed by atoms with van der Waals surface area (Å²) >= 11 is 5.93. The molecule has 0 aliphatic heterocycles. The van der Waals surface area contributed by atoms with Gasteiger partial charge in [0.05, 0.1) is 17.6 Å². The van der Waals surface area contributed by atoms with Crippen LogP contribution in [-0.2, 0) is 21.4 Å². The number of aromatic nitrogens is 2. The van der Waals surface area contributed by atoms with Crippen LogP contribution in [0.3, 0.4) is 0 Å². The third kappa shape index (κ3) is 5.95. The second kappa shape index (κ2) is 9.83. The molecule has 0 unspecified atom stereocenters. The molecule has 0 spiro atoms. The Labute approximate surface area is 192 Å². The van der Waals surface area contributed by atoms with Gasteiger partial charge in [0.1, 0.15) is 18.0 Å². The summed E-state index contributed by atoms with van der Waals surface area (Å²) in [6, 6.07) is 13.7. The van der Waals surface area contributed by atoms with Crippen LogP contribution in [0.25, 0.3) is 0 Å². The van der Waals surface area contributed by atoms with E-state index in [0.29, 0.717) is 29.0 Å². The molecule has 2 aromatic carbocycles. The highest BCUT2D eigenvalue weighted by Gasteiger charge is 2.17. The maximum atomic E-state index is 11.9. The molecule has 1 aromatic heterocycles. The first-order chi connectivity index (χ1) is 15.4. The molecule has 0 bridgehead atoms. The Bertz CT molecular complexity index is 1180. The van der Waals surface area contributed by atoms with Crippen LogP contribution in [-0.4, -0.2) is 24.5 Å². The molecule has 4 rings (SSSR count). The molecule has 3 aromatic rings. The first-order valence-electron chi connectivity index (χ1n) is 10.3. The van der Waals surface area contributed by atoms with Crippen molar-refractivity contribution in [1.82, 2.24) is 9.97 Å². The van der Waals surface area contributed by atoms with E-state index < -0.39 is 10.0 Å². The quantitative estimate of drug-likeness (QED) is 0.432. The van der Waals surface area contributed by atoms with Gasteiger partial charge < -0.3 is 15.4 Å². The highest BCUT2D eigenvalue weighted by Crippen LogP contribution is 2.28. The van der Waals surface area contributed by atoms with Crippen LogP contribution in [0.2, 0.25) is 5.02 Å². The predicted octanol–water partition coefficient (Wildman–Crippen LogP) is 4.72. The monoisotopic (exact) mass is 473 g/mol. The molecule has 0 amide bonds. The Morgan fingerprint density at radius 3 is 2.38 bits per heavy atom. The Balaban J connectivity index is 1.56. The molecule has 4 N–H and O–H groups in total. The van der Waals surface area contributed by atoms with Crippen molar-refractivity contribution in [3.63, 3.8) is 0 Å². The van der Waals surface area contributed by atoms with Gasteiger partial charge in [0.25, 0.3) is 0 Å². The lowest BCUT2D eigenvalue weighted by molar-refractivity contribution is 0.0460. The number of halogens is 1. The largest absolute Gasteiger partial charge is 0.373 e. The van der Waals surface area contributed by atoms with Crippen molar-refractivity contribution >= 4 is 44.6 Å². The second-order valence-electron chi connectivity index (χ2n) is 7.63. The van der Waals surface area contributed by atoms with E-state index in [2.05, 4.69) is 20.6 Å². The van der Waals surface area contributed by atoms with Crippen molar-refractivity contribution < 1.29 is 13.2 Å². The van der Waals surface area contributed by atoms with Crippen LogP contribution in [0.15, 0.2) is 59.8 Å². The van der Waals surface area contributed by atoms with Gasteiger partial charge in [-0.2, -0.15) is 0 Å². The number of primary sulfonamides is 1. The molecule has 0 saturated heterocycles. The molecule has 1 aliphatic rings. The Morgan fingerprint density at radius 2 is 1.69 bits per heavy atom. The number of nitrogens with one attached hydrogen (secondary N) is 2. The van der Waals surface area contributed by atoms with E-state index in [1.165, 1.54) is 31.3 Å². The number of nitrogens with zero attached hydrogens (tertiary/aromatic N) is 2. The number of hydrogen-bond acceptors (Lipinski definition) is 7. The van der Waals surface area contributed by atoms with Gasteiger partial charge in [-0.25, -0.2) is 23.5 Å². The number of nitrogens with two attached hydrogens (primary N) is 1. The van der Waals surface area contributed by atoms with E-state index in [0.717, 1.165) is 24.1 Å². The molecule has 0 radical (unpaired) electrons. The normalized spacial score (nSPS) is 14.4. The molecule has 1 aliphatic carbocycles. The number of hydrogen-bond donors (Lipinski definition) is 3. The van der Waals surface area contributed by atoms with Crippen LogP contribution in [0.1, 0.15) is 31.2 Å². The predicted molar refractivity (Wildman–Crippen MR) is 125 cm³/mol. The zero-order valence-electron chi connectivity index (χ0n) is 17.3. The van der Waals surface area contributed by atoms with Crippen LogP contribution >= 0.6 is 11.6 Å². The van der Waals surface area contributed by atoms with Crippen LogP contribution < -0.4 is 15.8 Å². The summed E-state index contributed by atoms with van der Waals surface area (Å²) in [6.45, 7) is 0.360. The van der Waals surface area contributed by atoms with Gasteiger partial charge in [0, 0.05) is 28.0 Å². The van der Waals surface area contributed by atoms with Gasteiger partial charge >= 0.3 is 0 Å². The lowest BCUT2D eigenvalue weighted by Gasteiger charge is -2.16. The van der Waals surface area contributed by atoms with E-state index in [9.17, 15) is 8.42 Å². The smallest absolute Gasteiger partial charge is 0.238 e. The van der Waals surface area contributed by atoms with E-state index in [4.69, 9.17) is 21.5 Å². The van der Waals surface area contributed by atoms with Crippen LogP contribution in [0.4, 0.5) is 23.0 Å². The maximum absolute atomic E-state index is 11.9. The lowest BCUT2D eigenvalue weighted by Crippen LogP contribution is -2.13. The number of anilines is 4. The number of sulfonamides is 1. The third-order valence-electron chi connectivity index (χ3n) is 5.23. The maximum Gasteiger partial charge on any atom is 0.238 e. The van der Waals surface area contributed by atoms with Gasteiger partial charge in [0.15, 0.2) is 0 Å². The van der Waals surface area contributed by atoms with Gasteiger partial charge in [-0.15, -0.1) is 0 Å². The van der Waals surface area contributed by atoms with Crippen molar-refractivity contribution in [2.45, 2.75) is 43.3 Å². The van der Waals surface area contributed by atoms with Gasteiger partial charge in [-0.1, -0.05) is 30.5 Å². The Morgan fingerprint density at radius 1 is 1.00 bits per heavy atom. The molecule has 1 saturated carbocycles. The van der Waals surface area contributed by atoms with E-state index >= 15 is 0 Å². The minimum atomic E-state index is -3.85. The topological polar surface area (TPSA) is 119 Å². The summed E-state index contributed by atoms with van der Waals surface area (Å²) in [7, 11) is -3.85. The number of rotatable bonds is 8. The molecule has 10 heteroatoms. The van der Waals surface area contributed by atoms with Crippen molar-refractivity contribution in [2.24, 2.45) is 5.14 Å². The molecule has 8 nitrogen and oxygen atoms in total. The summed E-state index contributed by atoms with van der Waals surface area (Å²) in [5.41, 5.74) is 2.20. The SMILES string of the molecule is NS(=O)(=O)c1ccc(COC2CCCC2)c(Nc2cc(Nc3ccc(Cl)cc3)ncn2)c1. The van der Waals surface area contributed by atoms with Crippen LogP contribution in [0, 0.1) is 0 Å². The average Bonchev–Trinajstić information content (AvgIpc) is 3.28. The average molecular weight is 474 g/mol. The zero-order valence-corrected chi connectivity index (χ0v) is 18.9. The van der Waals surface area contributed by atoms with Crippen molar-refractivity contribution in [3.05, 3.63) is 65.4 Å². The first-order valence-corrected chi connectivity index (χ1v) is 12.2. The van der Waals surface area contributed by atoms with Crippen molar-refractivity contribution in [3.8, 4) is 0 Å². The van der Waals surface area contributed by atoms with Crippen LogP contribution in [0.5, 0.6) is 0 Å². The summed E-state index contributed by atoms with van der Waals surface area (Å²) in [4.78, 5) is 8.50. The minimum Gasteiger partial charge on any atom is -0.373 e. The zero-order chi connectivity index (χ0) is 22.6. The summed E-state index contributed by atoms with van der Waals surface area (Å²) < 4.78 is 29.8. The summed E-state index contributed by atoms with van der Waals surface area (Å²) in [5, 5.41) is 12.3. The van der Waals surface area contributed by atoms with E-state index in [-0.39, 0.29) is 11.0 Å². The van der Waals surface area contributed by atoms with Crippen molar-refractivity contribution in [1.29, 1.82) is 0 Å². The highest BCUT2D eigenvalue weighted by atomic mass is 35.5. The van der Waals surface area contributed by atoms with Crippen molar-refractivity contribution in [2.75, 3.05) is 10.6 Å². The lowest BCUT2D eigenvalue weighted by atomic mass is 10.2. The fourth-order valence-electron chi connectivity index (χ4n) is 3.55. The standard InChI is InChI=1S/C22H24ClN5O3S/c23-16-6-8-17(9-7-16)27-21-12-22(26-14-25-21)28-20-11-19(32(24,29)30)10-5-15(20)13-31-18-3-1-2-4-18/h5-12,14,18H,1-4,13H2,(H2,24,29,30)(H2,25,26,27,28). The molecule has 168 valence electrons. The van der Waals surface area contributed by atoms with E-state index in [1.807, 2.05) is 12.1 Å². The van der Waals surface area contributed by atoms with Gasteiger partial charge in [0.2, 0.25) is 10.0 Å². The minimum absolute atomic E-state index is 0.0122. The second-order valence-corrected chi connectivity index (χ2v) is 9.62. The Hall–Kier alpha value is -2.72. The number of benzene rings is 2. The molecular weight excluding hydrogens is 450 g/mol. The van der Waals surface area contributed by atoms with E-state index in [1.54, 1.807) is 24.3 Å². The molecular formula is C22H24ClN5O3S. The first kappa shape index (κ1) is 22.5. The van der Waals surface area contributed by atoms with Gasteiger partial charge in [-0.3, -0.25) is 0 Å². The summed E-state index contributed by atoms with van der Waals surface area (Å²) in [6.07, 6.45) is 6.08. The van der Waals surface area contributed by atoms with Gasteiger partial charge in [-0.05, 0) is 49.2 Å². The highest BCUT2D eigenvalue weighted by molar-refractivity contribution is 7.89. The fraction of sp³-hybridized carbons (Fsp3) is 0.273. The fourth-order valence-corrected chi connectivity index (χ4v) is 4.22. The third-order valence-corrected chi connectivity index (χ3v) is 6.40. The molecule has 1 heterocycles. The Kier molecular flexibility index (Phi) is 6.90. The molecule has 0 atom stereocenters. The molecule has 32 heavy (non-hydrogen) atoms. The summed E-state index contributed by atoms with van der Waals surface area (Å²) in [5.74, 6) is 1.06. The molecule has 1 fully saturated rings.